The second-order valence-corrected chi connectivity index (χ2v) is 12.5. The molecule has 2 unspecified atom stereocenters. The molecule has 52 heavy (non-hydrogen) atoms. The molecular weight excluding hydrogens is 664 g/mol. The third-order valence-corrected chi connectivity index (χ3v) is 8.46. The Labute approximate surface area is 302 Å². The maximum atomic E-state index is 13.0. The Hall–Kier alpha value is -5.39. The number of rotatable bonds is 18. The lowest BCUT2D eigenvalue weighted by atomic mass is 9.97. The summed E-state index contributed by atoms with van der Waals surface area (Å²) < 4.78 is 49.5. The molecule has 0 spiro atoms. The smallest absolute Gasteiger partial charge is 0.343 e. The van der Waals surface area contributed by atoms with E-state index in [1.165, 1.54) is 0 Å². The van der Waals surface area contributed by atoms with Crippen LogP contribution in [-0.2, 0) is 18.9 Å². The van der Waals surface area contributed by atoms with Crippen LogP contribution >= 0.6 is 0 Å². The number of hydrogen-bond acceptors (Lipinski definition) is 10. The molecule has 0 radical (unpaired) electrons. The van der Waals surface area contributed by atoms with Crippen molar-refractivity contribution >= 4 is 5.97 Å². The van der Waals surface area contributed by atoms with E-state index in [0.29, 0.717) is 47.5 Å². The maximum Gasteiger partial charge on any atom is 0.343 e. The van der Waals surface area contributed by atoms with Crippen molar-refractivity contribution in [3.8, 4) is 51.0 Å². The van der Waals surface area contributed by atoms with Crippen LogP contribution in [0.2, 0.25) is 0 Å². The second kappa shape index (κ2) is 16.8. The lowest BCUT2D eigenvalue weighted by Gasteiger charge is -2.14. The van der Waals surface area contributed by atoms with E-state index in [1.807, 2.05) is 74.5 Å². The fraction of sp³-hybridized carbons (Fsp3) is 0.262. The topological polar surface area (TPSA) is 107 Å². The van der Waals surface area contributed by atoms with E-state index in [1.54, 1.807) is 24.3 Å². The minimum Gasteiger partial charge on any atom is -0.468 e. The van der Waals surface area contributed by atoms with Crippen molar-refractivity contribution in [3.63, 3.8) is 0 Å². The summed E-state index contributed by atoms with van der Waals surface area (Å²) in [6.07, 6.45) is 0.399. The molecule has 0 saturated carbocycles. The Balaban J connectivity index is 0.876. The van der Waals surface area contributed by atoms with Gasteiger partial charge < -0.3 is 42.6 Å². The van der Waals surface area contributed by atoms with Crippen molar-refractivity contribution in [2.75, 3.05) is 46.8 Å². The molecule has 10 heteroatoms. The Kier molecular flexibility index (Phi) is 11.3. The third kappa shape index (κ3) is 9.89. The lowest BCUT2D eigenvalue weighted by molar-refractivity contribution is 0.00806. The first-order chi connectivity index (χ1) is 25.5. The van der Waals surface area contributed by atoms with Crippen LogP contribution in [0.25, 0.3) is 22.3 Å². The van der Waals surface area contributed by atoms with Crippen LogP contribution in [-0.4, -0.2) is 65.0 Å². The molecule has 0 aliphatic carbocycles. The molecule has 2 fully saturated rings. The summed E-state index contributed by atoms with van der Waals surface area (Å²) in [6, 6.07) is 34.4. The molecule has 0 aromatic heterocycles. The van der Waals surface area contributed by atoms with E-state index >= 15 is 0 Å². The normalized spacial score (nSPS) is 15.8. The summed E-state index contributed by atoms with van der Waals surface area (Å²) in [5.74, 6) is 2.80. The molecule has 0 N–H and O–H groups in total. The van der Waals surface area contributed by atoms with E-state index in [0.717, 1.165) is 46.6 Å². The molecule has 2 heterocycles. The monoisotopic (exact) mass is 704 g/mol. The van der Waals surface area contributed by atoms with E-state index in [2.05, 4.69) is 24.3 Å². The van der Waals surface area contributed by atoms with E-state index < -0.39 is 5.97 Å². The van der Waals surface area contributed by atoms with Crippen LogP contribution in [0, 0.1) is 13.8 Å². The number of carbonyl (C=O) groups is 1. The van der Waals surface area contributed by atoms with Gasteiger partial charge in [0, 0.05) is 0 Å². The predicted octanol–water partition coefficient (Wildman–Crippen LogP) is 7.78. The van der Waals surface area contributed by atoms with Gasteiger partial charge in [0.1, 0.15) is 41.0 Å². The number of carbonyl (C=O) groups excluding carboxylic acids is 1. The molecule has 7 rings (SSSR count). The van der Waals surface area contributed by atoms with Crippen LogP contribution in [0.3, 0.4) is 0 Å². The van der Waals surface area contributed by atoms with Crippen molar-refractivity contribution in [2.24, 2.45) is 0 Å². The maximum absolute atomic E-state index is 13.0. The predicted molar refractivity (Wildman–Crippen MR) is 193 cm³/mol. The number of hydrogen-bond donors (Lipinski definition) is 0. The van der Waals surface area contributed by atoms with Crippen molar-refractivity contribution in [1.29, 1.82) is 0 Å². The molecule has 2 saturated heterocycles. The Morgan fingerprint density at radius 3 is 1.35 bits per heavy atom. The SMILES string of the molecule is Cc1cc(-c2ccc(-c3ccc(OCOc4ccc(OCOCC5CO5)cc4)cc3)cc2)cc(C)c1OC(=O)c1ccc(OCOCC2CO2)cc1. The van der Waals surface area contributed by atoms with Crippen molar-refractivity contribution < 1.29 is 47.4 Å². The first-order valence-electron chi connectivity index (χ1n) is 17.1. The standard InChI is InChI=1S/C42H40O10/c1-28-19-34(20-29(2)41(28)52-42(43)33-9-13-35(14-10-33)48-25-44-21-39-23-46-39)32-5-3-30(4-6-32)31-7-11-36(12-8-31)50-27-51-38-17-15-37(16-18-38)49-26-45-22-40-24-47-40/h3-20,39-40H,21-27H2,1-2H3. The second-order valence-electron chi connectivity index (χ2n) is 12.5. The molecule has 2 aliphatic heterocycles. The van der Waals surface area contributed by atoms with E-state index in [9.17, 15) is 4.79 Å². The number of epoxide rings is 2. The Morgan fingerprint density at radius 2 is 0.904 bits per heavy atom. The fourth-order valence-corrected chi connectivity index (χ4v) is 5.42. The van der Waals surface area contributed by atoms with Gasteiger partial charge in [-0.15, -0.1) is 0 Å². The highest BCUT2D eigenvalue weighted by atomic mass is 16.7. The summed E-state index contributed by atoms with van der Waals surface area (Å²) in [5, 5.41) is 0. The van der Waals surface area contributed by atoms with Crippen LogP contribution in [0.4, 0.5) is 0 Å². The summed E-state index contributed by atoms with van der Waals surface area (Å²) >= 11 is 0. The third-order valence-electron chi connectivity index (χ3n) is 8.46. The Bertz CT molecular complexity index is 1890. The largest absolute Gasteiger partial charge is 0.468 e. The molecular formula is C42H40O10. The molecule has 5 aromatic rings. The van der Waals surface area contributed by atoms with Gasteiger partial charge in [0.25, 0.3) is 0 Å². The zero-order valence-corrected chi connectivity index (χ0v) is 29.1. The zero-order chi connectivity index (χ0) is 35.7. The van der Waals surface area contributed by atoms with Gasteiger partial charge in [0.2, 0.25) is 6.79 Å². The molecule has 0 bridgehead atoms. The molecule has 5 aromatic carbocycles. The lowest BCUT2D eigenvalue weighted by Crippen LogP contribution is -2.11. The van der Waals surface area contributed by atoms with Gasteiger partial charge in [-0.3, -0.25) is 0 Å². The molecule has 2 aliphatic rings. The molecule has 10 nitrogen and oxygen atoms in total. The van der Waals surface area contributed by atoms with Crippen LogP contribution in [0.5, 0.6) is 28.7 Å². The molecule has 0 amide bonds. The van der Waals surface area contributed by atoms with Crippen LogP contribution < -0.4 is 23.7 Å². The minimum absolute atomic E-state index is 0.0750. The van der Waals surface area contributed by atoms with Gasteiger partial charge in [-0.1, -0.05) is 36.4 Å². The Morgan fingerprint density at radius 1 is 0.538 bits per heavy atom. The minimum atomic E-state index is -0.431. The number of aryl methyl sites for hydroxylation is 2. The highest BCUT2D eigenvalue weighted by Gasteiger charge is 2.23. The van der Waals surface area contributed by atoms with E-state index in [4.69, 9.17) is 42.6 Å². The summed E-state index contributed by atoms with van der Waals surface area (Å²) in [6.45, 7) is 6.83. The number of benzene rings is 5. The quantitative estimate of drug-likeness (QED) is 0.0295. The molecule has 2 atom stereocenters. The average Bonchev–Trinajstić information content (AvgIpc) is 4.12. The van der Waals surface area contributed by atoms with Crippen molar-refractivity contribution in [3.05, 3.63) is 126 Å². The van der Waals surface area contributed by atoms with Crippen molar-refractivity contribution in [2.45, 2.75) is 26.1 Å². The van der Waals surface area contributed by atoms with Gasteiger partial charge in [-0.25, -0.2) is 4.79 Å². The van der Waals surface area contributed by atoms with Crippen LogP contribution in [0.1, 0.15) is 21.5 Å². The van der Waals surface area contributed by atoms with Gasteiger partial charge in [-0.05, 0) is 120 Å². The fourth-order valence-electron chi connectivity index (χ4n) is 5.42. The first-order valence-corrected chi connectivity index (χ1v) is 17.1. The van der Waals surface area contributed by atoms with Gasteiger partial charge >= 0.3 is 5.97 Å². The number of ether oxygens (including phenoxy) is 9. The zero-order valence-electron chi connectivity index (χ0n) is 29.1. The summed E-state index contributed by atoms with van der Waals surface area (Å²) in [5.41, 5.74) is 6.42. The highest BCUT2D eigenvalue weighted by molar-refractivity contribution is 5.91. The summed E-state index contributed by atoms with van der Waals surface area (Å²) in [7, 11) is 0. The average molecular weight is 705 g/mol. The van der Waals surface area contributed by atoms with Gasteiger partial charge in [0.15, 0.2) is 13.6 Å². The van der Waals surface area contributed by atoms with Crippen molar-refractivity contribution in [1.82, 2.24) is 0 Å². The number of esters is 1. The van der Waals surface area contributed by atoms with Crippen LogP contribution in [0.15, 0.2) is 109 Å². The van der Waals surface area contributed by atoms with Gasteiger partial charge in [-0.2, -0.15) is 0 Å². The first kappa shape index (κ1) is 35.0. The molecule has 268 valence electrons. The van der Waals surface area contributed by atoms with E-state index in [-0.39, 0.29) is 32.6 Å². The highest BCUT2D eigenvalue weighted by Crippen LogP contribution is 2.32. The van der Waals surface area contributed by atoms with Gasteiger partial charge in [0.05, 0.1) is 32.0 Å². The summed E-state index contributed by atoms with van der Waals surface area (Å²) in [4.78, 5) is 13.0.